The third-order valence-corrected chi connectivity index (χ3v) is 7.18. The number of likely N-dealkylation sites (tertiary alicyclic amines) is 1. The Bertz CT molecular complexity index is 1570. The highest BCUT2D eigenvalue weighted by molar-refractivity contribution is 6.34. The van der Waals surface area contributed by atoms with Crippen molar-refractivity contribution in [1.29, 1.82) is 0 Å². The molecule has 0 aliphatic carbocycles. The number of ether oxygens (including phenoxy) is 2. The number of nitrogens with zero attached hydrogens (tertiary/aromatic N) is 4. The van der Waals surface area contributed by atoms with Crippen LogP contribution in [0.2, 0.25) is 5.15 Å². The number of fused-ring (bicyclic) bond motifs is 1. The lowest BCUT2D eigenvalue weighted by Crippen LogP contribution is -2.39. The molecule has 1 aliphatic heterocycles. The smallest absolute Gasteiger partial charge is 0.410 e. The molecule has 1 amide bonds. The average Bonchev–Trinajstić information content (AvgIpc) is 3.38. The van der Waals surface area contributed by atoms with Gasteiger partial charge in [-0.25, -0.2) is 14.5 Å². The minimum atomic E-state index is -0.305. The zero-order chi connectivity index (χ0) is 26.6. The number of pyridine rings is 1. The van der Waals surface area contributed by atoms with E-state index in [1.165, 1.54) is 0 Å². The summed E-state index contributed by atoms with van der Waals surface area (Å²) in [7, 11) is 0. The Morgan fingerprint density at radius 2 is 1.64 bits per heavy atom. The second kappa shape index (κ2) is 11.2. The highest BCUT2D eigenvalue weighted by Gasteiger charge is 2.30. The van der Waals surface area contributed by atoms with Gasteiger partial charge in [-0.2, -0.15) is 5.10 Å². The fourth-order valence-electron chi connectivity index (χ4n) is 4.99. The molecule has 1 aliphatic rings. The molecule has 0 saturated carbocycles. The fraction of sp³-hybridized carbons (Fsp3) is 0.194. The first-order chi connectivity index (χ1) is 19.2. The zero-order valence-electron chi connectivity index (χ0n) is 21.2. The van der Waals surface area contributed by atoms with E-state index in [0.717, 1.165) is 52.2 Å². The molecule has 3 heterocycles. The van der Waals surface area contributed by atoms with Crippen LogP contribution in [0.1, 0.15) is 30.0 Å². The van der Waals surface area contributed by atoms with Gasteiger partial charge in [-0.1, -0.05) is 60.1 Å². The normalized spacial score (nSPS) is 15.3. The predicted octanol–water partition coefficient (Wildman–Crippen LogP) is 7.38. The number of aromatic nitrogens is 3. The molecule has 1 saturated heterocycles. The first-order valence-corrected chi connectivity index (χ1v) is 13.4. The summed E-state index contributed by atoms with van der Waals surface area (Å²) in [6.07, 6.45) is 3.18. The molecule has 0 bridgehead atoms. The van der Waals surface area contributed by atoms with E-state index in [1.54, 1.807) is 11.1 Å². The molecular formula is C31H27ClN4O3. The molecule has 1 fully saturated rings. The van der Waals surface area contributed by atoms with Crippen molar-refractivity contribution in [3.63, 3.8) is 0 Å². The van der Waals surface area contributed by atoms with Crippen molar-refractivity contribution in [2.45, 2.75) is 25.4 Å². The van der Waals surface area contributed by atoms with Gasteiger partial charge in [0.05, 0.1) is 11.4 Å². The van der Waals surface area contributed by atoms with Gasteiger partial charge in [0, 0.05) is 30.6 Å². The Morgan fingerprint density at radius 1 is 0.923 bits per heavy atom. The lowest BCUT2D eigenvalue weighted by Gasteiger charge is -2.31. The number of halogens is 1. The molecular weight excluding hydrogens is 512 g/mol. The Hall–Kier alpha value is -4.36. The second-order valence-corrected chi connectivity index (χ2v) is 9.89. The van der Waals surface area contributed by atoms with E-state index in [2.05, 4.69) is 4.98 Å². The van der Waals surface area contributed by atoms with Crippen LogP contribution in [-0.4, -0.2) is 38.8 Å². The molecule has 1 atom stereocenters. The monoisotopic (exact) mass is 538 g/mol. The summed E-state index contributed by atoms with van der Waals surface area (Å²) in [6.45, 7) is 1.45. The summed E-state index contributed by atoms with van der Waals surface area (Å²) < 4.78 is 13.4. The van der Waals surface area contributed by atoms with Crippen LogP contribution in [0, 0.1) is 0 Å². The van der Waals surface area contributed by atoms with E-state index in [1.807, 2.05) is 95.7 Å². The van der Waals surface area contributed by atoms with Crippen LogP contribution < -0.4 is 4.74 Å². The van der Waals surface area contributed by atoms with E-state index in [-0.39, 0.29) is 18.6 Å². The number of rotatable bonds is 6. The molecule has 7 nitrogen and oxygen atoms in total. The molecule has 2 aromatic heterocycles. The Kier molecular flexibility index (Phi) is 7.15. The van der Waals surface area contributed by atoms with Gasteiger partial charge >= 0.3 is 6.09 Å². The van der Waals surface area contributed by atoms with Crippen molar-refractivity contribution in [1.82, 2.24) is 19.7 Å². The minimum Gasteiger partial charge on any atom is -0.457 e. The summed E-state index contributed by atoms with van der Waals surface area (Å²) >= 11 is 6.60. The molecule has 3 aromatic carbocycles. The van der Waals surface area contributed by atoms with Crippen molar-refractivity contribution >= 4 is 28.6 Å². The molecule has 196 valence electrons. The largest absolute Gasteiger partial charge is 0.457 e. The molecule has 0 N–H and O–H groups in total. The Labute approximate surface area is 231 Å². The van der Waals surface area contributed by atoms with E-state index < -0.39 is 0 Å². The standard InChI is InChI=1S/C31H27ClN4O3/c32-30-29-27(17-18-33-30)28(23-10-7-19-35(20-23)31(37)38-21-22-8-3-1-4-9-22)34-36(29)24-13-15-26(16-14-24)39-25-11-5-2-6-12-25/h1-6,8-9,11-18,23H,7,10,19-21H2/t23-/m1/s1. The van der Waals surface area contributed by atoms with Crippen LogP contribution in [0.4, 0.5) is 4.79 Å². The van der Waals surface area contributed by atoms with Crippen LogP contribution in [0.3, 0.4) is 0 Å². The van der Waals surface area contributed by atoms with Crippen molar-refractivity contribution in [2.75, 3.05) is 13.1 Å². The number of hydrogen-bond donors (Lipinski definition) is 0. The predicted molar refractivity (Wildman–Crippen MR) is 151 cm³/mol. The lowest BCUT2D eigenvalue weighted by atomic mass is 9.93. The number of piperidine rings is 1. The number of amides is 1. The van der Waals surface area contributed by atoms with Gasteiger partial charge in [-0.15, -0.1) is 0 Å². The maximum Gasteiger partial charge on any atom is 0.410 e. The van der Waals surface area contributed by atoms with E-state index in [4.69, 9.17) is 26.2 Å². The van der Waals surface area contributed by atoms with Gasteiger partial charge in [-0.3, -0.25) is 0 Å². The second-order valence-electron chi connectivity index (χ2n) is 9.53. The van der Waals surface area contributed by atoms with Crippen LogP contribution in [0.15, 0.2) is 97.2 Å². The molecule has 0 radical (unpaired) electrons. The minimum absolute atomic E-state index is 0.0472. The fourth-order valence-corrected chi connectivity index (χ4v) is 5.23. The van der Waals surface area contributed by atoms with Crippen molar-refractivity contribution in [3.05, 3.63) is 114 Å². The summed E-state index contributed by atoms with van der Waals surface area (Å²) in [6, 6.07) is 29.0. The number of carbonyl (C=O) groups excluding carboxylic acids is 1. The maximum absolute atomic E-state index is 12.9. The van der Waals surface area contributed by atoms with E-state index >= 15 is 0 Å². The van der Waals surface area contributed by atoms with E-state index in [9.17, 15) is 4.79 Å². The number of carbonyl (C=O) groups is 1. The highest BCUT2D eigenvalue weighted by atomic mass is 35.5. The van der Waals surface area contributed by atoms with Gasteiger partial charge in [0.1, 0.15) is 23.6 Å². The summed E-state index contributed by atoms with van der Waals surface area (Å²) in [4.78, 5) is 19.0. The molecule has 6 rings (SSSR count). The van der Waals surface area contributed by atoms with Gasteiger partial charge in [-0.05, 0) is 60.9 Å². The Morgan fingerprint density at radius 3 is 2.41 bits per heavy atom. The quantitative estimate of drug-likeness (QED) is 0.211. The van der Waals surface area contributed by atoms with Crippen molar-refractivity contribution in [3.8, 4) is 17.2 Å². The SMILES string of the molecule is O=C(OCc1ccccc1)N1CCC[C@@H](c2nn(-c3ccc(Oc4ccccc4)cc3)c3c(Cl)nccc23)C1. The third kappa shape index (κ3) is 5.45. The Balaban J connectivity index is 1.24. The number of hydrogen-bond acceptors (Lipinski definition) is 5. The van der Waals surface area contributed by atoms with Crippen molar-refractivity contribution < 1.29 is 14.3 Å². The molecule has 0 unspecified atom stereocenters. The van der Waals surface area contributed by atoms with Crippen molar-refractivity contribution in [2.24, 2.45) is 0 Å². The topological polar surface area (TPSA) is 69.5 Å². The first-order valence-electron chi connectivity index (χ1n) is 13.0. The first kappa shape index (κ1) is 24.9. The van der Waals surface area contributed by atoms with Gasteiger partial charge in [0.15, 0.2) is 5.15 Å². The number of benzene rings is 3. The molecule has 39 heavy (non-hydrogen) atoms. The maximum atomic E-state index is 12.9. The lowest BCUT2D eigenvalue weighted by molar-refractivity contribution is 0.0856. The molecule has 5 aromatic rings. The van der Waals surface area contributed by atoms with Gasteiger partial charge < -0.3 is 14.4 Å². The third-order valence-electron chi connectivity index (χ3n) is 6.91. The van der Waals surface area contributed by atoms with Crippen LogP contribution in [-0.2, 0) is 11.3 Å². The molecule has 0 spiro atoms. The van der Waals surface area contributed by atoms with Gasteiger partial charge in [0.2, 0.25) is 0 Å². The summed E-state index contributed by atoms with van der Waals surface area (Å²) in [5.74, 6) is 1.54. The van der Waals surface area contributed by atoms with Crippen LogP contribution in [0.5, 0.6) is 11.5 Å². The highest BCUT2D eigenvalue weighted by Crippen LogP contribution is 2.35. The summed E-state index contributed by atoms with van der Waals surface area (Å²) in [5.41, 5.74) is 3.46. The zero-order valence-corrected chi connectivity index (χ0v) is 22.0. The average molecular weight is 539 g/mol. The van der Waals surface area contributed by atoms with Gasteiger partial charge in [0.25, 0.3) is 0 Å². The van der Waals surface area contributed by atoms with Crippen LogP contribution in [0.25, 0.3) is 16.6 Å². The molecule has 8 heteroatoms. The number of para-hydroxylation sites is 1. The van der Waals surface area contributed by atoms with Crippen LogP contribution >= 0.6 is 11.6 Å². The summed E-state index contributed by atoms with van der Waals surface area (Å²) in [5, 5.41) is 6.33. The van der Waals surface area contributed by atoms with E-state index in [0.29, 0.717) is 18.2 Å².